The molecule has 2 aliphatic rings. The zero-order chi connectivity index (χ0) is 18.7. The first-order valence-corrected chi connectivity index (χ1v) is 10.1. The minimum atomic E-state index is 0.0792. The lowest BCUT2D eigenvalue weighted by Gasteiger charge is -2.22. The number of ketones is 1. The Labute approximate surface area is 157 Å². The van der Waals surface area contributed by atoms with E-state index in [1.54, 1.807) is 0 Å². The van der Waals surface area contributed by atoms with Gasteiger partial charge in [0.25, 0.3) is 0 Å². The van der Waals surface area contributed by atoms with E-state index in [-0.39, 0.29) is 16.7 Å². The summed E-state index contributed by atoms with van der Waals surface area (Å²) in [5, 5.41) is 1.13. The first-order valence-electron chi connectivity index (χ1n) is 10.1. The van der Waals surface area contributed by atoms with Crippen LogP contribution in [0.25, 0.3) is 10.9 Å². The van der Waals surface area contributed by atoms with Crippen molar-refractivity contribution in [1.82, 2.24) is 9.47 Å². The van der Waals surface area contributed by atoms with Gasteiger partial charge in [-0.15, -0.1) is 0 Å². The Bertz CT molecular complexity index is 831. The smallest absolute Gasteiger partial charge is 0.169 e. The normalized spacial score (nSPS) is 26.0. The van der Waals surface area contributed by atoms with E-state index < -0.39 is 0 Å². The quantitative estimate of drug-likeness (QED) is 0.713. The summed E-state index contributed by atoms with van der Waals surface area (Å²) in [6, 6.07) is 8.92. The van der Waals surface area contributed by atoms with Gasteiger partial charge in [0.15, 0.2) is 5.78 Å². The molecule has 140 valence electrons. The van der Waals surface area contributed by atoms with E-state index in [2.05, 4.69) is 74.7 Å². The lowest BCUT2D eigenvalue weighted by Crippen LogP contribution is -2.25. The molecule has 0 amide bonds. The van der Waals surface area contributed by atoms with Crippen LogP contribution in [0.4, 0.5) is 0 Å². The Hall–Kier alpha value is -1.61. The molecule has 0 bridgehead atoms. The number of carbonyl (C=O) groups excluding carboxylic acids is 1. The number of likely N-dealkylation sites (tertiary alicyclic amines) is 1. The first-order chi connectivity index (χ1) is 12.2. The maximum atomic E-state index is 13.5. The number of nitrogens with zero attached hydrogens (tertiary/aromatic N) is 2. The predicted molar refractivity (Wildman–Crippen MR) is 108 cm³/mol. The van der Waals surface area contributed by atoms with Crippen molar-refractivity contribution in [2.75, 3.05) is 20.1 Å². The lowest BCUT2D eigenvalue weighted by atomic mass is 10.0. The molecule has 3 nitrogen and oxygen atoms in total. The van der Waals surface area contributed by atoms with Crippen molar-refractivity contribution in [2.45, 2.75) is 53.0 Å². The Balaban J connectivity index is 1.77. The predicted octanol–water partition coefficient (Wildman–Crippen LogP) is 5.16. The van der Waals surface area contributed by atoms with Crippen LogP contribution in [-0.2, 0) is 0 Å². The summed E-state index contributed by atoms with van der Waals surface area (Å²) < 4.78 is 2.40. The Morgan fingerprint density at radius 2 is 1.77 bits per heavy atom. The SMILES string of the molecule is CN1CCCC[C@@H](n2cc(C(=O)C3C(C)(C)C3(C)C)c3ccccc32)C1. The zero-order valence-electron chi connectivity index (χ0n) is 16.9. The van der Waals surface area contributed by atoms with E-state index in [0.29, 0.717) is 11.8 Å². The number of hydrogen-bond donors (Lipinski definition) is 0. The number of aromatic nitrogens is 1. The molecule has 1 aromatic heterocycles. The first kappa shape index (κ1) is 17.8. The second-order valence-corrected chi connectivity index (χ2v) is 9.62. The second kappa shape index (κ2) is 5.95. The van der Waals surface area contributed by atoms with E-state index in [0.717, 1.165) is 17.5 Å². The van der Waals surface area contributed by atoms with Crippen LogP contribution in [0.2, 0.25) is 0 Å². The van der Waals surface area contributed by atoms with Crippen molar-refractivity contribution in [3.63, 3.8) is 0 Å². The second-order valence-electron chi connectivity index (χ2n) is 9.62. The fourth-order valence-electron chi connectivity index (χ4n) is 5.24. The Morgan fingerprint density at radius 1 is 1.08 bits per heavy atom. The van der Waals surface area contributed by atoms with Gasteiger partial charge in [0.2, 0.25) is 0 Å². The molecule has 2 fully saturated rings. The Morgan fingerprint density at radius 3 is 2.46 bits per heavy atom. The molecule has 1 aliphatic carbocycles. The summed E-state index contributed by atoms with van der Waals surface area (Å²) in [4.78, 5) is 15.9. The molecule has 1 saturated carbocycles. The zero-order valence-corrected chi connectivity index (χ0v) is 16.9. The van der Waals surface area contributed by atoms with E-state index in [1.807, 2.05) is 0 Å². The minimum Gasteiger partial charge on any atom is -0.342 e. The van der Waals surface area contributed by atoms with Crippen LogP contribution in [0, 0.1) is 16.7 Å². The van der Waals surface area contributed by atoms with Crippen LogP contribution in [0.1, 0.15) is 63.4 Å². The molecule has 4 rings (SSSR count). The van der Waals surface area contributed by atoms with Crippen molar-refractivity contribution in [3.8, 4) is 0 Å². The summed E-state index contributed by atoms with van der Waals surface area (Å²) >= 11 is 0. The third-order valence-corrected chi connectivity index (χ3v) is 7.53. The fraction of sp³-hybridized carbons (Fsp3) is 0.609. The highest BCUT2D eigenvalue weighted by Gasteiger charge is 2.68. The molecule has 0 radical (unpaired) electrons. The topological polar surface area (TPSA) is 25.2 Å². The number of para-hydroxylation sites is 1. The van der Waals surface area contributed by atoms with Crippen molar-refractivity contribution in [3.05, 3.63) is 36.0 Å². The molecule has 1 aliphatic heterocycles. The van der Waals surface area contributed by atoms with E-state index in [9.17, 15) is 4.79 Å². The number of fused-ring (bicyclic) bond motifs is 1. The van der Waals surface area contributed by atoms with Crippen molar-refractivity contribution in [1.29, 1.82) is 0 Å². The maximum absolute atomic E-state index is 13.5. The summed E-state index contributed by atoms with van der Waals surface area (Å²) in [6.07, 6.45) is 5.88. The number of carbonyl (C=O) groups is 1. The number of benzene rings is 1. The molecule has 1 aromatic carbocycles. The molecule has 0 unspecified atom stereocenters. The molecule has 2 heterocycles. The molecule has 1 saturated heterocycles. The average molecular weight is 353 g/mol. The van der Waals surface area contributed by atoms with Gasteiger partial charge in [0.1, 0.15) is 0 Å². The molecule has 0 spiro atoms. The van der Waals surface area contributed by atoms with Gasteiger partial charge in [0.05, 0.1) is 0 Å². The molecule has 1 atom stereocenters. The van der Waals surface area contributed by atoms with Crippen LogP contribution < -0.4 is 0 Å². The van der Waals surface area contributed by atoms with Crippen molar-refractivity contribution >= 4 is 16.7 Å². The van der Waals surface area contributed by atoms with Crippen LogP contribution in [0.15, 0.2) is 30.5 Å². The van der Waals surface area contributed by atoms with Gasteiger partial charge in [-0.3, -0.25) is 4.79 Å². The highest BCUT2D eigenvalue weighted by atomic mass is 16.1. The molecule has 3 heteroatoms. The van der Waals surface area contributed by atoms with Gasteiger partial charge < -0.3 is 9.47 Å². The Kier molecular flexibility index (Phi) is 4.07. The van der Waals surface area contributed by atoms with Crippen LogP contribution in [0.5, 0.6) is 0 Å². The van der Waals surface area contributed by atoms with Gasteiger partial charge in [-0.1, -0.05) is 52.3 Å². The molecular formula is C23H32N2O. The average Bonchev–Trinajstić information content (AvgIpc) is 2.87. The van der Waals surface area contributed by atoms with E-state index in [1.165, 1.54) is 31.3 Å². The monoisotopic (exact) mass is 352 g/mol. The van der Waals surface area contributed by atoms with E-state index >= 15 is 0 Å². The van der Waals surface area contributed by atoms with Crippen LogP contribution in [0.3, 0.4) is 0 Å². The fourth-order valence-corrected chi connectivity index (χ4v) is 5.24. The van der Waals surface area contributed by atoms with Gasteiger partial charge in [-0.05, 0) is 43.3 Å². The lowest BCUT2D eigenvalue weighted by molar-refractivity contribution is 0.0946. The van der Waals surface area contributed by atoms with Gasteiger partial charge >= 0.3 is 0 Å². The largest absolute Gasteiger partial charge is 0.342 e. The molecule has 0 N–H and O–H groups in total. The van der Waals surface area contributed by atoms with Crippen molar-refractivity contribution in [2.24, 2.45) is 16.7 Å². The molecular weight excluding hydrogens is 320 g/mol. The number of rotatable bonds is 3. The summed E-state index contributed by atoms with van der Waals surface area (Å²) in [7, 11) is 2.21. The van der Waals surface area contributed by atoms with Gasteiger partial charge in [0, 0.05) is 41.2 Å². The molecule has 26 heavy (non-hydrogen) atoms. The van der Waals surface area contributed by atoms with Crippen LogP contribution >= 0.6 is 0 Å². The highest BCUT2D eigenvalue weighted by Crippen LogP contribution is 2.69. The summed E-state index contributed by atoms with van der Waals surface area (Å²) in [5.41, 5.74) is 2.30. The third-order valence-electron chi connectivity index (χ3n) is 7.53. The third kappa shape index (κ3) is 2.55. The van der Waals surface area contributed by atoms with Gasteiger partial charge in [-0.25, -0.2) is 0 Å². The van der Waals surface area contributed by atoms with Crippen LogP contribution in [-0.4, -0.2) is 35.4 Å². The standard InChI is InChI=1S/C23H32N2O/c1-22(2)21(23(22,3)4)20(26)18-15-25(19-12-7-6-11-17(18)19)16-10-8-9-13-24(5)14-16/h6-7,11-12,15-16,21H,8-10,13-14H2,1-5H3/t16-/m1/s1. The summed E-state index contributed by atoms with van der Waals surface area (Å²) in [5.74, 6) is 0.447. The number of hydrogen-bond acceptors (Lipinski definition) is 2. The summed E-state index contributed by atoms with van der Waals surface area (Å²) in [6.45, 7) is 11.2. The number of Topliss-reactive ketones (excluding diaryl/α,β-unsaturated/α-hetero) is 1. The number of likely N-dealkylation sites (N-methyl/N-ethyl adjacent to an activating group) is 1. The van der Waals surface area contributed by atoms with E-state index in [4.69, 9.17) is 0 Å². The molecule has 2 aromatic rings. The minimum absolute atomic E-state index is 0.0792. The van der Waals surface area contributed by atoms with Crippen molar-refractivity contribution < 1.29 is 4.79 Å². The maximum Gasteiger partial charge on any atom is 0.169 e. The highest BCUT2D eigenvalue weighted by molar-refractivity contribution is 6.11. The van der Waals surface area contributed by atoms with Gasteiger partial charge in [-0.2, -0.15) is 0 Å².